The Hall–Kier alpha value is -0.870. The van der Waals surface area contributed by atoms with Crippen molar-refractivity contribution >= 4 is 0 Å². The molecule has 4 nitrogen and oxygen atoms in total. The lowest BCUT2D eigenvalue weighted by Gasteiger charge is -2.21. The molecule has 0 bridgehead atoms. The molecule has 80 valence electrons. The second-order valence-corrected chi connectivity index (χ2v) is 3.77. The third-order valence-corrected chi connectivity index (χ3v) is 2.17. The molecule has 0 aliphatic carbocycles. The van der Waals surface area contributed by atoms with Gasteiger partial charge in [0, 0.05) is 26.0 Å². The van der Waals surface area contributed by atoms with Gasteiger partial charge in [0.1, 0.15) is 5.82 Å². The number of hydrogen-bond donors (Lipinski definition) is 1. The molecule has 0 aromatic carbocycles. The fraction of sp³-hybridized carbons (Fsp3) is 0.700. The topological polar surface area (TPSA) is 33.1 Å². The average molecular weight is 196 g/mol. The number of nitrogens with zero attached hydrogens (tertiary/aromatic N) is 3. The minimum absolute atomic E-state index is 0.315. The highest BCUT2D eigenvalue weighted by Gasteiger charge is 2.14. The second-order valence-electron chi connectivity index (χ2n) is 3.77. The van der Waals surface area contributed by atoms with Crippen LogP contribution in [0.15, 0.2) is 12.4 Å². The molecule has 1 unspecified atom stereocenters. The highest BCUT2D eigenvalue weighted by molar-refractivity contribution is 4.99. The van der Waals surface area contributed by atoms with Crippen molar-refractivity contribution < 1.29 is 0 Å². The van der Waals surface area contributed by atoms with Crippen molar-refractivity contribution in [2.75, 3.05) is 27.2 Å². The van der Waals surface area contributed by atoms with Gasteiger partial charge in [-0.05, 0) is 20.6 Å². The molecule has 0 saturated heterocycles. The van der Waals surface area contributed by atoms with Crippen LogP contribution >= 0.6 is 0 Å². The average Bonchev–Trinajstić information content (AvgIpc) is 2.50. The first-order valence-corrected chi connectivity index (χ1v) is 5.00. The Morgan fingerprint density at radius 3 is 2.71 bits per heavy atom. The van der Waals surface area contributed by atoms with Crippen LogP contribution in [-0.4, -0.2) is 41.6 Å². The zero-order valence-electron chi connectivity index (χ0n) is 9.49. The maximum Gasteiger partial charge on any atom is 0.126 e. The molecule has 4 heteroatoms. The van der Waals surface area contributed by atoms with Crippen molar-refractivity contribution in [1.29, 1.82) is 0 Å². The summed E-state index contributed by atoms with van der Waals surface area (Å²) in [6.45, 7) is 4.05. The predicted octanol–water partition coefficient (Wildman–Crippen LogP) is 0.632. The van der Waals surface area contributed by atoms with Gasteiger partial charge in [-0.1, -0.05) is 6.92 Å². The van der Waals surface area contributed by atoms with E-state index >= 15 is 0 Å². The monoisotopic (exact) mass is 196 g/mol. The van der Waals surface area contributed by atoms with Crippen LogP contribution in [0.1, 0.15) is 18.8 Å². The van der Waals surface area contributed by atoms with Crippen LogP contribution in [0.25, 0.3) is 0 Å². The van der Waals surface area contributed by atoms with Crippen molar-refractivity contribution in [3.8, 4) is 0 Å². The van der Waals surface area contributed by atoms with E-state index in [1.54, 1.807) is 0 Å². The standard InChI is InChI=1S/C10H20N4/c1-5-11-9(8-13(2)3)10-12-6-7-14(10)4/h6-7,9,11H,5,8H2,1-4H3. The van der Waals surface area contributed by atoms with Crippen molar-refractivity contribution in [3.05, 3.63) is 18.2 Å². The number of nitrogens with one attached hydrogen (secondary N) is 1. The summed E-state index contributed by atoms with van der Waals surface area (Å²) in [7, 11) is 6.18. The Morgan fingerprint density at radius 2 is 2.29 bits per heavy atom. The summed E-state index contributed by atoms with van der Waals surface area (Å²) in [5.41, 5.74) is 0. The molecule has 1 heterocycles. The van der Waals surface area contributed by atoms with Gasteiger partial charge in [0.25, 0.3) is 0 Å². The van der Waals surface area contributed by atoms with Crippen LogP contribution < -0.4 is 5.32 Å². The fourth-order valence-electron chi connectivity index (χ4n) is 1.56. The van der Waals surface area contributed by atoms with E-state index in [1.165, 1.54) is 0 Å². The van der Waals surface area contributed by atoms with Crippen LogP contribution in [0, 0.1) is 0 Å². The van der Waals surface area contributed by atoms with E-state index in [0.29, 0.717) is 6.04 Å². The molecule has 0 fully saturated rings. The van der Waals surface area contributed by atoms with E-state index in [-0.39, 0.29) is 0 Å². The van der Waals surface area contributed by atoms with Crippen molar-refractivity contribution in [2.24, 2.45) is 7.05 Å². The van der Waals surface area contributed by atoms with Crippen molar-refractivity contribution in [1.82, 2.24) is 19.8 Å². The molecule has 14 heavy (non-hydrogen) atoms. The van der Waals surface area contributed by atoms with Gasteiger partial charge in [-0.3, -0.25) is 0 Å². The summed E-state index contributed by atoms with van der Waals surface area (Å²) in [6, 6.07) is 0.315. The molecule has 0 radical (unpaired) electrons. The van der Waals surface area contributed by atoms with Crippen LogP contribution in [0.4, 0.5) is 0 Å². The Kier molecular flexibility index (Phi) is 4.10. The van der Waals surface area contributed by atoms with Crippen LogP contribution in [-0.2, 0) is 7.05 Å². The van der Waals surface area contributed by atoms with E-state index < -0.39 is 0 Å². The number of likely N-dealkylation sites (N-methyl/N-ethyl adjacent to an activating group) is 2. The largest absolute Gasteiger partial charge is 0.337 e. The van der Waals surface area contributed by atoms with Crippen molar-refractivity contribution in [2.45, 2.75) is 13.0 Å². The number of imidazole rings is 1. The van der Waals surface area contributed by atoms with E-state index in [2.05, 4.69) is 40.8 Å². The maximum absolute atomic E-state index is 4.36. The number of aromatic nitrogens is 2. The molecule has 1 atom stereocenters. The predicted molar refractivity (Wildman–Crippen MR) is 58.2 cm³/mol. The smallest absolute Gasteiger partial charge is 0.126 e. The van der Waals surface area contributed by atoms with Gasteiger partial charge in [0.15, 0.2) is 0 Å². The summed E-state index contributed by atoms with van der Waals surface area (Å²) in [5, 5.41) is 3.43. The first-order valence-electron chi connectivity index (χ1n) is 5.00. The normalized spacial score (nSPS) is 13.5. The Bertz CT molecular complexity index is 267. The fourth-order valence-corrected chi connectivity index (χ4v) is 1.56. The van der Waals surface area contributed by atoms with Gasteiger partial charge in [-0.15, -0.1) is 0 Å². The Morgan fingerprint density at radius 1 is 1.57 bits per heavy atom. The lowest BCUT2D eigenvalue weighted by Crippen LogP contribution is -2.32. The molecule has 1 rings (SSSR count). The molecule has 1 aromatic rings. The minimum atomic E-state index is 0.315. The molecular weight excluding hydrogens is 176 g/mol. The molecule has 0 saturated carbocycles. The van der Waals surface area contributed by atoms with Crippen molar-refractivity contribution in [3.63, 3.8) is 0 Å². The van der Waals surface area contributed by atoms with E-state index in [0.717, 1.165) is 18.9 Å². The van der Waals surface area contributed by atoms with Gasteiger partial charge >= 0.3 is 0 Å². The molecule has 0 aliphatic heterocycles. The highest BCUT2D eigenvalue weighted by Crippen LogP contribution is 2.09. The van der Waals surface area contributed by atoms with Gasteiger partial charge in [0.2, 0.25) is 0 Å². The number of aryl methyl sites for hydroxylation is 1. The lowest BCUT2D eigenvalue weighted by molar-refractivity contribution is 0.333. The first kappa shape index (κ1) is 11.2. The summed E-state index contributed by atoms with van der Waals surface area (Å²) in [4.78, 5) is 6.53. The zero-order chi connectivity index (χ0) is 10.6. The zero-order valence-corrected chi connectivity index (χ0v) is 9.49. The van der Waals surface area contributed by atoms with Crippen LogP contribution in [0.2, 0.25) is 0 Å². The Balaban J connectivity index is 2.72. The highest BCUT2D eigenvalue weighted by atomic mass is 15.1. The second kappa shape index (κ2) is 5.12. The number of hydrogen-bond acceptors (Lipinski definition) is 3. The Labute approximate surface area is 85.9 Å². The third-order valence-electron chi connectivity index (χ3n) is 2.17. The molecule has 0 spiro atoms. The summed E-state index contributed by atoms with van der Waals surface area (Å²) < 4.78 is 2.07. The molecule has 0 amide bonds. The molecular formula is C10H20N4. The van der Waals surface area contributed by atoms with Gasteiger partial charge in [0.05, 0.1) is 6.04 Å². The molecule has 0 aliphatic rings. The van der Waals surface area contributed by atoms with E-state index in [1.807, 2.05) is 19.4 Å². The van der Waals surface area contributed by atoms with Gasteiger partial charge in [-0.25, -0.2) is 4.98 Å². The maximum atomic E-state index is 4.36. The summed E-state index contributed by atoms with van der Waals surface area (Å²) in [5.74, 6) is 1.10. The first-order chi connectivity index (χ1) is 6.65. The quantitative estimate of drug-likeness (QED) is 0.750. The minimum Gasteiger partial charge on any atom is -0.337 e. The van der Waals surface area contributed by atoms with Crippen LogP contribution in [0.3, 0.4) is 0 Å². The summed E-state index contributed by atoms with van der Waals surface area (Å²) >= 11 is 0. The molecule has 1 aromatic heterocycles. The van der Waals surface area contributed by atoms with E-state index in [4.69, 9.17) is 0 Å². The van der Waals surface area contributed by atoms with E-state index in [9.17, 15) is 0 Å². The molecule has 1 N–H and O–H groups in total. The third kappa shape index (κ3) is 2.82. The summed E-state index contributed by atoms with van der Waals surface area (Å²) in [6.07, 6.45) is 3.82. The van der Waals surface area contributed by atoms with Gasteiger partial charge < -0.3 is 14.8 Å². The van der Waals surface area contributed by atoms with Gasteiger partial charge in [-0.2, -0.15) is 0 Å². The SMILES string of the molecule is CCNC(CN(C)C)c1nccn1C. The lowest BCUT2D eigenvalue weighted by atomic mass is 10.2. The number of rotatable bonds is 5. The van der Waals surface area contributed by atoms with Crippen LogP contribution in [0.5, 0.6) is 0 Å².